The molecule has 1 atom stereocenters. The van der Waals surface area contributed by atoms with Crippen molar-refractivity contribution in [2.75, 3.05) is 7.05 Å². The highest BCUT2D eigenvalue weighted by Gasteiger charge is 2.29. The molecule has 49 heavy (non-hydrogen) atoms. The molecule has 1 aromatic heterocycles. The number of pyridine rings is 1. The first-order chi connectivity index (χ1) is 24.1. The van der Waals surface area contributed by atoms with E-state index in [-0.39, 0.29) is 6.17 Å². The van der Waals surface area contributed by atoms with Gasteiger partial charge in [0.2, 0.25) is 0 Å². The van der Waals surface area contributed by atoms with Crippen molar-refractivity contribution in [1.29, 1.82) is 0 Å². The smallest absolute Gasteiger partial charge is 0.147 e. The van der Waals surface area contributed by atoms with Gasteiger partial charge in [-0.1, -0.05) is 111 Å². The number of aromatic nitrogens is 1. The van der Waals surface area contributed by atoms with Crippen molar-refractivity contribution >= 4 is 40.4 Å². The highest BCUT2D eigenvalue weighted by Crippen LogP contribution is 2.41. The predicted molar refractivity (Wildman–Crippen MR) is 208 cm³/mol. The Kier molecular flexibility index (Phi) is 8.27. The quantitative estimate of drug-likeness (QED) is 0.167. The van der Waals surface area contributed by atoms with Crippen LogP contribution < -0.4 is 0 Å². The van der Waals surface area contributed by atoms with Crippen molar-refractivity contribution in [2.45, 2.75) is 45.2 Å². The van der Waals surface area contributed by atoms with Gasteiger partial charge in [0, 0.05) is 35.6 Å². The summed E-state index contributed by atoms with van der Waals surface area (Å²) in [5.74, 6) is 0. The first-order valence-electron chi connectivity index (χ1n) is 17.5. The summed E-state index contributed by atoms with van der Waals surface area (Å²) in [6, 6.07) is 28.6. The van der Waals surface area contributed by atoms with Gasteiger partial charge in [-0.3, -0.25) is 9.98 Å². The Balaban J connectivity index is 1.34. The lowest BCUT2D eigenvalue weighted by molar-refractivity contribution is 0.364. The van der Waals surface area contributed by atoms with Crippen LogP contribution in [0, 0.1) is 0 Å². The maximum Gasteiger partial charge on any atom is 0.147 e. The third kappa shape index (κ3) is 5.59. The number of nitrogens with zero attached hydrogens (tertiary/aromatic N) is 3. The molecule has 0 saturated heterocycles. The third-order valence-corrected chi connectivity index (χ3v) is 10.3. The Bertz CT molecular complexity index is 2230. The van der Waals surface area contributed by atoms with E-state index in [2.05, 4.69) is 140 Å². The molecular formula is C46H41N3. The number of fused-ring (bicyclic) bond motifs is 4. The van der Waals surface area contributed by atoms with E-state index in [1.54, 1.807) is 0 Å². The van der Waals surface area contributed by atoms with Gasteiger partial charge in [0.05, 0.1) is 11.4 Å². The molecule has 0 N–H and O–H groups in total. The number of rotatable bonds is 7. The van der Waals surface area contributed by atoms with Crippen LogP contribution in [0.15, 0.2) is 127 Å². The highest BCUT2D eigenvalue weighted by molar-refractivity contribution is 6.20. The van der Waals surface area contributed by atoms with Gasteiger partial charge in [0.1, 0.15) is 6.17 Å². The molecule has 4 aromatic carbocycles. The molecule has 3 aliphatic rings. The predicted octanol–water partition coefficient (Wildman–Crippen LogP) is 11.1. The van der Waals surface area contributed by atoms with Crippen LogP contribution in [0.3, 0.4) is 0 Å². The van der Waals surface area contributed by atoms with Crippen LogP contribution in [-0.2, 0) is 19.3 Å². The molecule has 2 aliphatic carbocycles. The van der Waals surface area contributed by atoms with Gasteiger partial charge in [-0.25, -0.2) is 0 Å². The van der Waals surface area contributed by atoms with Gasteiger partial charge < -0.3 is 4.90 Å². The first-order valence-corrected chi connectivity index (χ1v) is 17.5. The molecule has 3 nitrogen and oxygen atoms in total. The van der Waals surface area contributed by atoms with Crippen molar-refractivity contribution < 1.29 is 0 Å². The Labute approximate surface area is 290 Å². The van der Waals surface area contributed by atoms with Gasteiger partial charge in [-0.2, -0.15) is 0 Å². The van der Waals surface area contributed by atoms with Crippen LogP contribution in [0.5, 0.6) is 0 Å². The maximum absolute atomic E-state index is 5.59. The molecule has 0 amide bonds. The molecule has 240 valence electrons. The topological polar surface area (TPSA) is 28.5 Å². The fraction of sp³-hybridized carbons (Fsp3) is 0.174. The Morgan fingerprint density at radius 1 is 0.857 bits per heavy atom. The minimum absolute atomic E-state index is 0.192. The number of hydrogen-bond donors (Lipinski definition) is 0. The van der Waals surface area contributed by atoms with Crippen LogP contribution in [0.25, 0.3) is 46.0 Å². The molecule has 3 heteroatoms. The Morgan fingerprint density at radius 3 is 2.41 bits per heavy atom. The molecule has 0 fully saturated rings. The lowest BCUT2D eigenvalue weighted by atomic mass is 9.83. The summed E-state index contributed by atoms with van der Waals surface area (Å²) in [6.45, 7) is 6.21. The summed E-state index contributed by atoms with van der Waals surface area (Å²) in [6.07, 6.45) is 24.6. The molecule has 8 rings (SSSR count). The number of aliphatic imine (C=N–C) groups is 1. The van der Waals surface area contributed by atoms with Gasteiger partial charge in [-0.15, -0.1) is 0 Å². The molecule has 0 bridgehead atoms. The van der Waals surface area contributed by atoms with Crippen molar-refractivity contribution in [2.24, 2.45) is 4.99 Å². The van der Waals surface area contributed by atoms with Crippen molar-refractivity contribution in [3.8, 4) is 11.3 Å². The largest absolute Gasteiger partial charge is 0.349 e. The average molecular weight is 636 g/mol. The summed E-state index contributed by atoms with van der Waals surface area (Å²) in [5.41, 5.74) is 16.1. The average Bonchev–Trinajstić information content (AvgIpc) is 3.17. The highest BCUT2D eigenvalue weighted by atomic mass is 15.2. The summed E-state index contributed by atoms with van der Waals surface area (Å²) >= 11 is 0. The maximum atomic E-state index is 5.59. The molecule has 0 spiro atoms. The zero-order chi connectivity index (χ0) is 33.3. The summed E-state index contributed by atoms with van der Waals surface area (Å²) in [4.78, 5) is 12.6. The van der Waals surface area contributed by atoms with Crippen LogP contribution in [0.1, 0.15) is 76.0 Å². The third-order valence-electron chi connectivity index (χ3n) is 10.3. The van der Waals surface area contributed by atoms with E-state index in [9.17, 15) is 0 Å². The SMILES string of the molecule is C=C/C=C\c1c(CC)cc(C2=CC(c3cc4c(c5ccccc35)C=CCC4)=NC(c3ccc(-c4ccccn4)cc3)N2C)c2c1C=CCC2. The number of hydrogen-bond acceptors (Lipinski definition) is 3. The molecule has 1 unspecified atom stereocenters. The number of benzene rings is 4. The van der Waals surface area contributed by atoms with E-state index < -0.39 is 0 Å². The van der Waals surface area contributed by atoms with Crippen LogP contribution >= 0.6 is 0 Å². The van der Waals surface area contributed by atoms with Crippen LogP contribution in [0.4, 0.5) is 0 Å². The van der Waals surface area contributed by atoms with Gasteiger partial charge in [0.15, 0.2) is 0 Å². The summed E-state index contributed by atoms with van der Waals surface area (Å²) in [7, 11) is 2.21. The van der Waals surface area contributed by atoms with Crippen molar-refractivity contribution in [3.05, 3.63) is 172 Å². The van der Waals surface area contributed by atoms with E-state index in [0.717, 1.165) is 54.6 Å². The second kappa shape index (κ2) is 13.2. The zero-order valence-corrected chi connectivity index (χ0v) is 28.4. The molecule has 0 radical (unpaired) electrons. The number of aryl methyl sites for hydroxylation is 2. The minimum Gasteiger partial charge on any atom is -0.349 e. The monoisotopic (exact) mass is 635 g/mol. The van der Waals surface area contributed by atoms with E-state index in [0.29, 0.717) is 0 Å². The second-order valence-electron chi connectivity index (χ2n) is 13.1. The Hall–Kier alpha value is -5.54. The Morgan fingerprint density at radius 2 is 1.63 bits per heavy atom. The van der Waals surface area contributed by atoms with Gasteiger partial charge in [-0.05, 0) is 112 Å². The van der Waals surface area contributed by atoms with Crippen molar-refractivity contribution in [3.63, 3.8) is 0 Å². The van der Waals surface area contributed by atoms with Crippen molar-refractivity contribution in [1.82, 2.24) is 9.88 Å². The zero-order valence-electron chi connectivity index (χ0n) is 28.4. The normalized spacial score (nSPS) is 16.8. The lowest BCUT2D eigenvalue weighted by Gasteiger charge is -2.36. The summed E-state index contributed by atoms with van der Waals surface area (Å²) in [5, 5.41) is 2.55. The lowest BCUT2D eigenvalue weighted by Crippen LogP contribution is -2.28. The van der Waals surface area contributed by atoms with Crippen LogP contribution in [0.2, 0.25) is 0 Å². The molecule has 2 heterocycles. The molecular weight excluding hydrogens is 595 g/mol. The van der Waals surface area contributed by atoms with Crippen LogP contribution in [-0.4, -0.2) is 22.6 Å². The summed E-state index contributed by atoms with van der Waals surface area (Å²) < 4.78 is 0. The second-order valence-corrected chi connectivity index (χ2v) is 13.1. The fourth-order valence-electron chi connectivity index (χ4n) is 7.79. The standard InChI is InChI=1S/C46H41N3/c1-4-6-16-35-31(5-2)28-42(40-21-12-10-18-37(35)40)45-30-44(41-29-34-15-7-8-17-36(34)38-19-9-11-20-39(38)41)48-46(49(45)3)33-25-23-32(24-26-33)43-22-13-14-27-47-43/h4,6,8-11,13-14,16-20,22-30,46H,1,5,7,12,15,21H2,2-3H3/b16-6-. The molecule has 0 saturated carbocycles. The van der Waals surface area contributed by atoms with E-state index >= 15 is 0 Å². The van der Waals surface area contributed by atoms with Gasteiger partial charge in [0.25, 0.3) is 0 Å². The van der Waals surface area contributed by atoms with E-state index in [4.69, 9.17) is 4.99 Å². The van der Waals surface area contributed by atoms with Gasteiger partial charge >= 0.3 is 0 Å². The number of allylic oxidation sites excluding steroid dienone is 5. The molecule has 1 aliphatic heterocycles. The molecule has 5 aromatic rings. The van der Waals surface area contributed by atoms with E-state index in [1.807, 2.05) is 24.4 Å². The van der Waals surface area contributed by atoms with E-state index in [1.165, 1.54) is 61.0 Å². The fourth-order valence-corrected chi connectivity index (χ4v) is 7.79. The first kappa shape index (κ1) is 30.8. The minimum atomic E-state index is -0.192.